The molecule has 7 heteroatoms. The van der Waals surface area contributed by atoms with Gasteiger partial charge in [0.1, 0.15) is 5.01 Å². The van der Waals surface area contributed by atoms with Gasteiger partial charge in [0, 0.05) is 24.6 Å². The summed E-state index contributed by atoms with van der Waals surface area (Å²) in [5.74, 6) is -0.0181. The summed E-state index contributed by atoms with van der Waals surface area (Å²) in [5, 5.41) is 12.6. The maximum Gasteiger partial charge on any atom is 0.231 e. The molecule has 2 fully saturated rings. The van der Waals surface area contributed by atoms with Crippen molar-refractivity contribution in [1.82, 2.24) is 10.2 Å². The minimum absolute atomic E-state index is 0.0197. The Morgan fingerprint density at radius 2 is 2.00 bits per heavy atom. The number of nitrogens with zero attached hydrogens (tertiary/aromatic N) is 3. The third-order valence-corrected chi connectivity index (χ3v) is 5.69. The molecule has 0 bridgehead atoms. The van der Waals surface area contributed by atoms with Crippen LogP contribution in [0.4, 0.5) is 10.8 Å². The van der Waals surface area contributed by atoms with Gasteiger partial charge in [-0.1, -0.05) is 36.0 Å². The van der Waals surface area contributed by atoms with Crippen molar-refractivity contribution < 1.29 is 9.59 Å². The highest BCUT2D eigenvalue weighted by Crippen LogP contribution is 2.38. The van der Waals surface area contributed by atoms with Crippen molar-refractivity contribution in [2.75, 3.05) is 16.8 Å². The Balaban J connectivity index is 1.40. The van der Waals surface area contributed by atoms with Crippen LogP contribution in [0.1, 0.15) is 36.6 Å². The van der Waals surface area contributed by atoms with Gasteiger partial charge >= 0.3 is 0 Å². The first-order chi connectivity index (χ1) is 11.7. The van der Waals surface area contributed by atoms with E-state index in [1.807, 2.05) is 30.3 Å². The van der Waals surface area contributed by atoms with Crippen molar-refractivity contribution >= 4 is 34.0 Å². The summed E-state index contributed by atoms with van der Waals surface area (Å²) in [4.78, 5) is 26.3. The molecule has 2 heterocycles. The number of benzene rings is 1. The molecule has 1 aliphatic carbocycles. The highest BCUT2D eigenvalue weighted by molar-refractivity contribution is 7.15. The van der Waals surface area contributed by atoms with Crippen LogP contribution in [-0.2, 0) is 9.59 Å². The fourth-order valence-corrected chi connectivity index (χ4v) is 3.97. The number of aromatic nitrogens is 2. The third-order valence-electron chi connectivity index (χ3n) is 4.69. The van der Waals surface area contributed by atoms with Gasteiger partial charge in [-0.05, 0) is 25.0 Å². The second kappa shape index (κ2) is 6.32. The lowest BCUT2D eigenvalue weighted by molar-refractivity contribution is -0.122. The Bertz CT molecular complexity index is 757. The van der Waals surface area contributed by atoms with E-state index in [0.717, 1.165) is 23.5 Å². The summed E-state index contributed by atoms with van der Waals surface area (Å²) in [6.45, 7) is 0.406. The molecule has 0 unspecified atom stereocenters. The zero-order valence-electron chi connectivity index (χ0n) is 13.1. The van der Waals surface area contributed by atoms with Gasteiger partial charge in [-0.15, -0.1) is 10.2 Å². The summed E-state index contributed by atoms with van der Waals surface area (Å²) < 4.78 is 0. The monoisotopic (exact) mass is 342 g/mol. The lowest BCUT2D eigenvalue weighted by atomic mass is 9.86. The van der Waals surface area contributed by atoms with Crippen LogP contribution in [0.25, 0.3) is 0 Å². The van der Waals surface area contributed by atoms with Crippen molar-refractivity contribution in [2.24, 2.45) is 5.92 Å². The fourth-order valence-electron chi connectivity index (χ4n) is 3.05. The zero-order valence-corrected chi connectivity index (χ0v) is 14.0. The van der Waals surface area contributed by atoms with Crippen LogP contribution in [0, 0.1) is 5.92 Å². The minimum Gasteiger partial charge on any atom is -0.312 e. The first-order valence-corrected chi connectivity index (χ1v) is 9.02. The second-order valence-corrected chi connectivity index (χ2v) is 7.31. The molecular weight excluding hydrogens is 324 g/mol. The number of anilines is 2. The number of hydrogen-bond acceptors (Lipinski definition) is 5. The van der Waals surface area contributed by atoms with Gasteiger partial charge in [-0.3, -0.25) is 9.59 Å². The smallest absolute Gasteiger partial charge is 0.231 e. The number of para-hydroxylation sites is 1. The number of hydrogen-bond donors (Lipinski definition) is 1. The molecule has 6 nitrogen and oxygen atoms in total. The highest BCUT2D eigenvalue weighted by atomic mass is 32.1. The summed E-state index contributed by atoms with van der Waals surface area (Å²) in [7, 11) is 0. The topological polar surface area (TPSA) is 75.2 Å². The normalized spacial score (nSPS) is 20.9. The Hall–Kier alpha value is -2.28. The maximum atomic E-state index is 12.4. The van der Waals surface area contributed by atoms with E-state index < -0.39 is 0 Å². The van der Waals surface area contributed by atoms with E-state index in [0.29, 0.717) is 17.6 Å². The van der Waals surface area contributed by atoms with Crippen LogP contribution in [0.2, 0.25) is 0 Å². The predicted octanol–water partition coefficient (Wildman–Crippen LogP) is 2.80. The molecule has 1 N–H and O–H groups in total. The van der Waals surface area contributed by atoms with Gasteiger partial charge in [-0.25, -0.2) is 0 Å². The van der Waals surface area contributed by atoms with Gasteiger partial charge in [-0.2, -0.15) is 0 Å². The summed E-state index contributed by atoms with van der Waals surface area (Å²) in [5.41, 5.74) is 0.834. The quantitative estimate of drug-likeness (QED) is 0.927. The van der Waals surface area contributed by atoms with E-state index in [4.69, 9.17) is 0 Å². The molecule has 1 aromatic carbocycles. The lowest BCUT2D eigenvalue weighted by Gasteiger charge is -2.21. The van der Waals surface area contributed by atoms with Gasteiger partial charge in [0.05, 0.1) is 5.92 Å². The SMILES string of the molecule is O=C(Nc1nnc(C2CCC2)s1)[C@H]1CC(=O)N(c2ccccc2)C1. The molecule has 1 atom stereocenters. The first kappa shape index (κ1) is 15.3. The van der Waals surface area contributed by atoms with Crippen molar-refractivity contribution in [3.63, 3.8) is 0 Å². The number of carbonyl (C=O) groups excluding carboxylic acids is 2. The average molecular weight is 342 g/mol. The highest BCUT2D eigenvalue weighted by Gasteiger charge is 2.35. The largest absolute Gasteiger partial charge is 0.312 e. The van der Waals surface area contributed by atoms with Crippen LogP contribution in [0.3, 0.4) is 0 Å². The van der Waals surface area contributed by atoms with E-state index in [2.05, 4.69) is 15.5 Å². The van der Waals surface area contributed by atoms with Crippen LogP contribution in [0.5, 0.6) is 0 Å². The zero-order chi connectivity index (χ0) is 16.5. The standard InChI is InChI=1S/C17H18N4O2S/c22-14-9-12(10-21(14)13-7-2-1-3-8-13)15(23)18-17-20-19-16(24-17)11-5-4-6-11/h1-3,7-8,11-12H,4-6,9-10H2,(H,18,20,23)/t12-/m0/s1. The molecule has 124 valence electrons. The lowest BCUT2D eigenvalue weighted by Crippen LogP contribution is -2.28. The van der Waals surface area contributed by atoms with Gasteiger partial charge in [0.2, 0.25) is 16.9 Å². The van der Waals surface area contributed by atoms with Gasteiger partial charge < -0.3 is 10.2 Å². The molecule has 4 rings (SSSR count). The van der Waals surface area contributed by atoms with Crippen molar-refractivity contribution in [1.29, 1.82) is 0 Å². The number of rotatable bonds is 4. The maximum absolute atomic E-state index is 12.4. The molecule has 0 radical (unpaired) electrons. The Labute approximate surface area is 143 Å². The predicted molar refractivity (Wildman–Crippen MR) is 92.0 cm³/mol. The summed E-state index contributed by atoms with van der Waals surface area (Å²) >= 11 is 1.45. The van der Waals surface area contributed by atoms with Crippen LogP contribution < -0.4 is 10.2 Å². The Morgan fingerprint density at radius 3 is 2.71 bits per heavy atom. The molecule has 2 aromatic rings. The van der Waals surface area contributed by atoms with E-state index in [1.54, 1.807) is 4.90 Å². The van der Waals surface area contributed by atoms with E-state index in [9.17, 15) is 9.59 Å². The minimum atomic E-state index is -0.353. The molecular formula is C17H18N4O2S. The van der Waals surface area contributed by atoms with Crippen molar-refractivity contribution in [2.45, 2.75) is 31.6 Å². The molecule has 0 spiro atoms. The van der Waals surface area contributed by atoms with E-state index in [-0.39, 0.29) is 24.2 Å². The molecule has 1 aromatic heterocycles. The molecule has 2 amide bonds. The fraction of sp³-hybridized carbons (Fsp3) is 0.412. The number of amides is 2. The van der Waals surface area contributed by atoms with E-state index in [1.165, 1.54) is 17.8 Å². The summed E-state index contributed by atoms with van der Waals surface area (Å²) in [6, 6.07) is 9.45. The van der Waals surface area contributed by atoms with E-state index >= 15 is 0 Å². The van der Waals surface area contributed by atoms with Crippen LogP contribution in [-0.4, -0.2) is 28.6 Å². The first-order valence-electron chi connectivity index (χ1n) is 8.20. The third kappa shape index (κ3) is 2.91. The van der Waals surface area contributed by atoms with Gasteiger partial charge in [0.25, 0.3) is 0 Å². The second-order valence-electron chi connectivity index (χ2n) is 6.30. The average Bonchev–Trinajstić information content (AvgIpc) is 3.13. The molecule has 1 saturated carbocycles. The van der Waals surface area contributed by atoms with Crippen LogP contribution >= 0.6 is 11.3 Å². The number of nitrogens with one attached hydrogen (secondary N) is 1. The van der Waals surface area contributed by atoms with Gasteiger partial charge in [0.15, 0.2) is 0 Å². The Kier molecular flexibility index (Phi) is 4.02. The number of carbonyl (C=O) groups is 2. The molecule has 24 heavy (non-hydrogen) atoms. The molecule has 2 aliphatic rings. The van der Waals surface area contributed by atoms with Crippen LogP contribution in [0.15, 0.2) is 30.3 Å². The Morgan fingerprint density at radius 1 is 1.21 bits per heavy atom. The molecule has 1 aliphatic heterocycles. The molecule has 1 saturated heterocycles. The van der Waals surface area contributed by atoms with Crippen molar-refractivity contribution in [3.8, 4) is 0 Å². The van der Waals surface area contributed by atoms with Crippen molar-refractivity contribution in [3.05, 3.63) is 35.3 Å². The summed E-state index contributed by atoms with van der Waals surface area (Å²) in [6.07, 6.45) is 3.79.